The van der Waals surface area contributed by atoms with Crippen LogP contribution in [0.3, 0.4) is 0 Å². The van der Waals surface area contributed by atoms with Gasteiger partial charge in [-0.05, 0) is 35.1 Å². The number of aliphatic carboxylic acids is 1. The molecule has 0 atom stereocenters. The van der Waals surface area contributed by atoms with Crippen LogP contribution in [0.5, 0.6) is 0 Å². The van der Waals surface area contributed by atoms with Crippen LogP contribution in [0.1, 0.15) is 36.3 Å². The van der Waals surface area contributed by atoms with E-state index < -0.39 is 24.6 Å². The summed E-state index contributed by atoms with van der Waals surface area (Å²) in [6.07, 6.45) is 0.778. The maximum absolute atomic E-state index is 12.0. The van der Waals surface area contributed by atoms with Gasteiger partial charge in [-0.2, -0.15) is 0 Å². The Bertz CT molecular complexity index is 869. The van der Waals surface area contributed by atoms with Gasteiger partial charge in [-0.25, -0.2) is 15.1 Å². The van der Waals surface area contributed by atoms with Crippen molar-refractivity contribution in [3.8, 4) is 11.1 Å². The van der Waals surface area contributed by atoms with Crippen molar-refractivity contribution >= 4 is 18.0 Å². The molecule has 1 aliphatic rings. The quantitative estimate of drug-likeness (QED) is 0.408. The largest absolute Gasteiger partial charge is 0.479 e. The number of carbonyl (C=O) groups excluding carboxylic acids is 2. The fourth-order valence-electron chi connectivity index (χ4n) is 3.48. The molecule has 8 heteroatoms. The number of benzene rings is 2. The predicted octanol–water partition coefficient (Wildman–Crippen LogP) is 2.83. The van der Waals surface area contributed by atoms with E-state index in [0.29, 0.717) is 19.4 Å². The number of hydrogen-bond acceptors (Lipinski definition) is 5. The van der Waals surface area contributed by atoms with Crippen LogP contribution in [0.4, 0.5) is 4.79 Å². The highest BCUT2D eigenvalue weighted by molar-refractivity contribution is 5.79. The minimum atomic E-state index is -1.16. The Labute approximate surface area is 174 Å². The van der Waals surface area contributed by atoms with Crippen LogP contribution in [0.2, 0.25) is 0 Å². The van der Waals surface area contributed by atoms with E-state index in [4.69, 9.17) is 9.84 Å². The molecule has 0 bridgehead atoms. The Morgan fingerprint density at radius 1 is 0.933 bits per heavy atom. The van der Waals surface area contributed by atoms with Crippen molar-refractivity contribution in [3.05, 3.63) is 59.7 Å². The minimum absolute atomic E-state index is 0.0117. The number of amides is 2. The lowest BCUT2D eigenvalue weighted by molar-refractivity contribution is -0.149. The lowest BCUT2D eigenvalue weighted by atomic mass is 9.98. The molecule has 2 amide bonds. The van der Waals surface area contributed by atoms with Crippen molar-refractivity contribution in [2.75, 3.05) is 19.8 Å². The van der Waals surface area contributed by atoms with Gasteiger partial charge in [-0.3, -0.25) is 9.63 Å². The van der Waals surface area contributed by atoms with Crippen molar-refractivity contribution in [3.63, 3.8) is 0 Å². The van der Waals surface area contributed by atoms with E-state index in [2.05, 4.69) is 34.4 Å². The van der Waals surface area contributed by atoms with Crippen LogP contribution in [0.25, 0.3) is 11.1 Å². The molecular weight excluding hydrogens is 388 g/mol. The maximum Gasteiger partial charge on any atom is 0.407 e. The molecule has 0 saturated heterocycles. The molecular formula is C22H24N2O6. The fourth-order valence-corrected chi connectivity index (χ4v) is 3.48. The highest BCUT2D eigenvalue weighted by atomic mass is 16.7. The summed E-state index contributed by atoms with van der Waals surface area (Å²) < 4.78 is 5.44. The number of nitrogens with one attached hydrogen (secondary N) is 2. The number of carbonyl (C=O) groups is 3. The Balaban J connectivity index is 1.37. The molecule has 30 heavy (non-hydrogen) atoms. The second kappa shape index (κ2) is 10.4. The number of carboxylic acid groups (broad SMARTS) is 1. The molecule has 158 valence electrons. The topological polar surface area (TPSA) is 114 Å². The Morgan fingerprint density at radius 3 is 2.20 bits per heavy atom. The first-order chi connectivity index (χ1) is 14.6. The van der Waals surface area contributed by atoms with E-state index in [9.17, 15) is 14.4 Å². The first-order valence-electron chi connectivity index (χ1n) is 9.77. The van der Waals surface area contributed by atoms with Gasteiger partial charge < -0.3 is 15.2 Å². The number of rotatable bonds is 10. The van der Waals surface area contributed by atoms with Gasteiger partial charge in [-0.15, -0.1) is 0 Å². The highest BCUT2D eigenvalue weighted by Gasteiger charge is 2.28. The number of hydrogen-bond donors (Lipinski definition) is 3. The molecule has 0 heterocycles. The van der Waals surface area contributed by atoms with Gasteiger partial charge >= 0.3 is 12.1 Å². The average molecular weight is 412 g/mol. The standard InChI is InChI=1S/C22H24N2O6/c25-20(24-30-14-21(26)27)11-5-6-12-23-22(28)29-13-19-17-9-3-1-7-15(17)16-8-2-4-10-18(16)19/h1-4,7-10,19H,5-6,11-14H2,(H,23,28)(H,24,25)(H,26,27). The third-order valence-electron chi connectivity index (χ3n) is 4.83. The molecule has 2 aromatic carbocycles. The normalized spacial score (nSPS) is 12.0. The molecule has 0 radical (unpaired) electrons. The number of alkyl carbamates (subject to hydrolysis) is 1. The van der Waals surface area contributed by atoms with Gasteiger partial charge in [0.05, 0.1) is 0 Å². The third kappa shape index (κ3) is 5.57. The van der Waals surface area contributed by atoms with Gasteiger partial charge in [0.2, 0.25) is 5.91 Å². The van der Waals surface area contributed by atoms with E-state index in [-0.39, 0.29) is 18.9 Å². The lowest BCUT2D eigenvalue weighted by Gasteiger charge is -2.14. The van der Waals surface area contributed by atoms with Crippen LogP contribution in [-0.2, 0) is 19.2 Å². The molecule has 3 N–H and O–H groups in total. The lowest BCUT2D eigenvalue weighted by Crippen LogP contribution is -2.28. The summed E-state index contributed by atoms with van der Waals surface area (Å²) in [4.78, 5) is 38.2. The summed E-state index contributed by atoms with van der Waals surface area (Å²) in [6.45, 7) is 0.0399. The zero-order valence-corrected chi connectivity index (χ0v) is 16.4. The SMILES string of the molecule is O=C(O)CONC(=O)CCCCNC(=O)OCC1c2ccccc2-c2ccccc21. The van der Waals surface area contributed by atoms with Gasteiger partial charge in [-0.1, -0.05) is 48.5 Å². The van der Waals surface area contributed by atoms with Gasteiger partial charge in [0, 0.05) is 18.9 Å². The van der Waals surface area contributed by atoms with Crippen LogP contribution in [0.15, 0.2) is 48.5 Å². The van der Waals surface area contributed by atoms with E-state index in [1.54, 1.807) is 0 Å². The van der Waals surface area contributed by atoms with Crippen molar-refractivity contribution in [2.45, 2.75) is 25.2 Å². The number of carboxylic acids is 1. The molecule has 0 saturated carbocycles. The second-order valence-electron chi connectivity index (χ2n) is 6.92. The average Bonchev–Trinajstić information content (AvgIpc) is 3.05. The van der Waals surface area contributed by atoms with Crippen LogP contribution in [0, 0.1) is 0 Å². The molecule has 0 fully saturated rings. The molecule has 2 aromatic rings. The maximum atomic E-state index is 12.0. The highest BCUT2D eigenvalue weighted by Crippen LogP contribution is 2.44. The molecule has 8 nitrogen and oxygen atoms in total. The molecule has 0 aliphatic heterocycles. The van der Waals surface area contributed by atoms with Crippen molar-refractivity contribution in [2.24, 2.45) is 0 Å². The number of unbranched alkanes of at least 4 members (excludes halogenated alkanes) is 1. The van der Waals surface area contributed by atoms with Crippen LogP contribution >= 0.6 is 0 Å². The minimum Gasteiger partial charge on any atom is -0.479 e. The number of ether oxygens (including phenoxy) is 1. The smallest absolute Gasteiger partial charge is 0.407 e. The zero-order chi connectivity index (χ0) is 21.3. The summed E-state index contributed by atoms with van der Waals surface area (Å²) in [7, 11) is 0. The molecule has 0 spiro atoms. The number of fused-ring (bicyclic) bond motifs is 3. The van der Waals surface area contributed by atoms with Crippen LogP contribution in [-0.4, -0.2) is 42.8 Å². The van der Waals surface area contributed by atoms with E-state index in [1.165, 1.54) is 11.1 Å². The summed E-state index contributed by atoms with van der Waals surface area (Å²) in [5.41, 5.74) is 6.71. The first kappa shape index (κ1) is 21.3. The predicted molar refractivity (Wildman–Crippen MR) is 109 cm³/mol. The zero-order valence-electron chi connectivity index (χ0n) is 16.4. The molecule has 0 unspecified atom stereocenters. The summed E-state index contributed by atoms with van der Waals surface area (Å²) in [6, 6.07) is 16.3. The summed E-state index contributed by atoms with van der Waals surface area (Å²) in [5.74, 6) is -1.56. The van der Waals surface area contributed by atoms with E-state index >= 15 is 0 Å². The van der Waals surface area contributed by atoms with E-state index in [1.807, 2.05) is 29.7 Å². The van der Waals surface area contributed by atoms with Crippen LogP contribution < -0.4 is 10.8 Å². The summed E-state index contributed by atoms with van der Waals surface area (Å²) >= 11 is 0. The van der Waals surface area contributed by atoms with Crippen molar-refractivity contribution in [1.82, 2.24) is 10.8 Å². The summed E-state index contributed by atoms with van der Waals surface area (Å²) in [5, 5.41) is 11.1. The Hall–Kier alpha value is -3.39. The van der Waals surface area contributed by atoms with Gasteiger partial charge in [0.1, 0.15) is 6.61 Å². The monoisotopic (exact) mass is 412 g/mol. The van der Waals surface area contributed by atoms with Crippen molar-refractivity contribution < 1.29 is 29.1 Å². The third-order valence-corrected chi connectivity index (χ3v) is 4.83. The second-order valence-corrected chi connectivity index (χ2v) is 6.92. The Kier molecular flexibility index (Phi) is 7.40. The first-order valence-corrected chi connectivity index (χ1v) is 9.77. The molecule has 1 aliphatic carbocycles. The van der Waals surface area contributed by atoms with E-state index in [0.717, 1.165) is 11.1 Å². The Morgan fingerprint density at radius 2 is 1.57 bits per heavy atom. The van der Waals surface area contributed by atoms with Gasteiger partial charge in [0.15, 0.2) is 6.61 Å². The number of hydroxylamine groups is 1. The fraction of sp³-hybridized carbons (Fsp3) is 0.318. The molecule has 3 rings (SSSR count). The van der Waals surface area contributed by atoms with Crippen molar-refractivity contribution in [1.29, 1.82) is 0 Å². The molecule has 0 aromatic heterocycles. The van der Waals surface area contributed by atoms with Gasteiger partial charge in [0.25, 0.3) is 0 Å².